The highest BCUT2D eigenvalue weighted by atomic mass is 35.5. The van der Waals surface area contributed by atoms with Gasteiger partial charge in [-0.05, 0) is 56.9 Å². The minimum absolute atomic E-state index is 0. The summed E-state index contributed by atoms with van der Waals surface area (Å²) in [6, 6.07) is 6.94. The van der Waals surface area contributed by atoms with Crippen molar-refractivity contribution in [2.24, 2.45) is 5.73 Å². The van der Waals surface area contributed by atoms with Gasteiger partial charge in [0.1, 0.15) is 5.75 Å². The van der Waals surface area contributed by atoms with E-state index in [4.69, 9.17) is 10.5 Å². The van der Waals surface area contributed by atoms with Gasteiger partial charge in [-0.25, -0.2) is 0 Å². The fourth-order valence-electron chi connectivity index (χ4n) is 2.07. The summed E-state index contributed by atoms with van der Waals surface area (Å²) in [5.74, 6) is 0.681. The van der Waals surface area contributed by atoms with Gasteiger partial charge in [-0.1, -0.05) is 0 Å². The number of carbonyl (C=O) groups excluding carboxylic acids is 1. The van der Waals surface area contributed by atoms with E-state index < -0.39 is 6.04 Å². The third kappa shape index (κ3) is 4.73. The molecule has 0 aromatic heterocycles. The lowest BCUT2D eigenvalue weighted by molar-refractivity contribution is -0.117. The molecule has 1 aromatic rings. The number of rotatable bonds is 4. The minimum atomic E-state index is -0.501. The Morgan fingerprint density at radius 3 is 2.42 bits per heavy atom. The van der Waals surface area contributed by atoms with E-state index in [0.29, 0.717) is 6.10 Å². The zero-order chi connectivity index (χ0) is 13.0. The quantitative estimate of drug-likeness (QED) is 0.893. The highest BCUT2D eigenvalue weighted by Gasteiger charge is 2.16. The fraction of sp³-hybridized carbons (Fsp3) is 0.500. The Kier molecular flexibility index (Phi) is 6.12. The second kappa shape index (κ2) is 7.36. The van der Waals surface area contributed by atoms with Crippen LogP contribution in [0.3, 0.4) is 0 Å². The van der Waals surface area contributed by atoms with Crippen LogP contribution in [0.25, 0.3) is 0 Å². The second-order valence-corrected chi connectivity index (χ2v) is 4.83. The summed E-state index contributed by atoms with van der Waals surface area (Å²) in [6.45, 7) is 1.66. The summed E-state index contributed by atoms with van der Waals surface area (Å²) in [5.41, 5.74) is 6.23. The van der Waals surface area contributed by atoms with Gasteiger partial charge < -0.3 is 15.8 Å². The predicted molar refractivity (Wildman–Crippen MR) is 78.9 cm³/mol. The number of anilines is 1. The zero-order valence-electron chi connectivity index (χ0n) is 11.1. The molecule has 2 rings (SSSR count). The number of carbonyl (C=O) groups is 1. The first-order valence-corrected chi connectivity index (χ1v) is 6.48. The molecule has 0 heterocycles. The van der Waals surface area contributed by atoms with Gasteiger partial charge in [0.25, 0.3) is 0 Å². The molecule has 1 aromatic carbocycles. The van der Waals surface area contributed by atoms with E-state index in [9.17, 15) is 4.79 Å². The normalized spacial score (nSPS) is 16.5. The first kappa shape index (κ1) is 15.8. The van der Waals surface area contributed by atoms with E-state index in [1.807, 2.05) is 24.3 Å². The van der Waals surface area contributed by atoms with Crippen LogP contribution in [-0.4, -0.2) is 18.1 Å². The van der Waals surface area contributed by atoms with Crippen molar-refractivity contribution < 1.29 is 9.53 Å². The number of hydrogen-bond donors (Lipinski definition) is 2. The summed E-state index contributed by atoms with van der Waals surface area (Å²) < 4.78 is 5.85. The molecule has 5 heteroatoms. The molecule has 106 valence electrons. The number of nitrogens with two attached hydrogens (primary N) is 1. The Morgan fingerprint density at radius 2 is 1.89 bits per heavy atom. The summed E-state index contributed by atoms with van der Waals surface area (Å²) >= 11 is 0. The number of ether oxygens (including phenoxy) is 1. The van der Waals surface area contributed by atoms with Crippen LogP contribution in [0.1, 0.15) is 32.6 Å². The number of nitrogens with one attached hydrogen (secondary N) is 1. The van der Waals surface area contributed by atoms with Crippen molar-refractivity contribution in [3.63, 3.8) is 0 Å². The van der Waals surface area contributed by atoms with Crippen molar-refractivity contribution in [1.82, 2.24) is 0 Å². The Bertz CT molecular complexity index is 400. The van der Waals surface area contributed by atoms with Crippen molar-refractivity contribution in [2.45, 2.75) is 44.8 Å². The van der Waals surface area contributed by atoms with E-state index in [2.05, 4.69) is 5.32 Å². The molecule has 1 saturated carbocycles. The van der Waals surface area contributed by atoms with Crippen molar-refractivity contribution in [3.8, 4) is 5.75 Å². The molecule has 0 aliphatic heterocycles. The van der Waals surface area contributed by atoms with Crippen LogP contribution < -0.4 is 15.8 Å². The van der Waals surface area contributed by atoms with Crippen LogP contribution in [-0.2, 0) is 4.79 Å². The number of hydrogen-bond acceptors (Lipinski definition) is 3. The highest BCUT2D eigenvalue weighted by molar-refractivity contribution is 5.94. The summed E-state index contributed by atoms with van der Waals surface area (Å²) in [4.78, 5) is 11.4. The van der Waals surface area contributed by atoms with E-state index in [1.165, 1.54) is 12.8 Å². The van der Waals surface area contributed by atoms with Crippen molar-refractivity contribution >= 4 is 24.0 Å². The maximum Gasteiger partial charge on any atom is 0.240 e. The molecule has 1 aliphatic rings. The van der Waals surface area contributed by atoms with E-state index in [1.54, 1.807) is 6.92 Å². The van der Waals surface area contributed by atoms with Crippen LogP contribution >= 0.6 is 12.4 Å². The fourth-order valence-corrected chi connectivity index (χ4v) is 2.07. The standard InChI is InChI=1S/C14H20N2O2.ClH/c1-10(15)14(17)16-11-6-8-13(9-7-11)18-12-4-2-3-5-12;/h6-10,12H,2-5,15H2,1H3,(H,16,17);1H. The molecule has 1 fully saturated rings. The van der Waals surface area contributed by atoms with Crippen LogP contribution in [0.4, 0.5) is 5.69 Å². The maximum atomic E-state index is 11.4. The van der Waals surface area contributed by atoms with Gasteiger partial charge in [0.15, 0.2) is 0 Å². The average molecular weight is 285 g/mol. The van der Waals surface area contributed by atoms with E-state index >= 15 is 0 Å². The number of halogens is 1. The van der Waals surface area contributed by atoms with Crippen LogP contribution in [0.5, 0.6) is 5.75 Å². The second-order valence-electron chi connectivity index (χ2n) is 4.83. The molecule has 1 aliphatic carbocycles. The lowest BCUT2D eigenvalue weighted by Gasteiger charge is -2.13. The largest absolute Gasteiger partial charge is 0.490 e. The highest BCUT2D eigenvalue weighted by Crippen LogP contribution is 2.24. The van der Waals surface area contributed by atoms with Crippen molar-refractivity contribution in [1.29, 1.82) is 0 Å². The van der Waals surface area contributed by atoms with Crippen LogP contribution in [0.2, 0.25) is 0 Å². The zero-order valence-corrected chi connectivity index (χ0v) is 11.9. The lowest BCUT2D eigenvalue weighted by Crippen LogP contribution is -2.32. The molecule has 19 heavy (non-hydrogen) atoms. The Labute approximate surface area is 120 Å². The SMILES string of the molecule is CC(N)C(=O)Nc1ccc(OC2CCCC2)cc1.Cl. The topological polar surface area (TPSA) is 64.4 Å². The van der Waals surface area contributed by atoms with Gasteiger partial charge in [-0.2, -0.15) is 0 Å². The Balaban J connectivity index is 0.00000180. The van der Waals surface area contributed by atoms with Gasteiger partial charge in [0.05, 0.1) is 12.1 Å². The van der Waals surface area contributed by atoms with Gasteiger partial charge >= 0.3 is 0 Å². The molecular weight excluding hydrogens is 264 g/mol. The van der Waals surface area contributed by atoms with Crippen LogP contribution in [0, 0.1) is 0 Å². The monoisotopic (exact) mass is 284 g/mol. The molecule has 0 radical (unpaired) electrons. The predicted octanol–water partition coefficient (Wildman–Crippen LogP) is 2.72. The van der Waals surface area contributed by atoms with Crippen molar-refractivity contribution in [3.05, 3.63) is 24.3 Å². The van der Waals surface area contributed by atoms with Gasteiger partial charge in [0.2, 0.25) is 5.91 Å². The number of amides is 1. The lowest BCUT2D eigenvalue weighted by atomic mass is 10.2. The molecule has 3 N–H and O–H groups in total. The molecule has 0 saturated heterocycles. The van der Waals surface area contributed by atoms with E-state index in [-0.39, 0.29) is 18.3 Å². The van der Waals surface area contributed by atoms with Gasteiger partial charge in [0, 0.05) is 5.69 Å². The van der Waals surface area contributed by atoms with Crippen molar-refractivity contribution in [2.75, 3.05) is 5.32 Å². The molecule has 1 unspecified atom stereocenters. The molecule has 0 spiro atoms. The summed E-state index contributed by atoms with van der Waals surface area (Å²) in [7, 11) is 0. The van der Waals surface area contributed by atoms with Crippen LogP contribution in [0.15, 0.2) is 24.3 Å². The molecule has 4 nitrogen and oxygen atoms in total. The van der Waals surface area contributed by atoms with E-state index in [0.717, 1.165) is 24.3 Å². The Morgan fingerprint density at radius 1 is 1.32 bits per heavy atom. The number of benzene rings is 1. The average Bonchev–Trinajstić information content (AvgIpc) is 2.84. The summed E-state index contributed by atoms with van der Waals surface area (Å²) in [5, 5.41) is 2.74. The molecule has 1 amide bonds. The first-order valence-electron chi connectivity index (χ1n) is 6.48. The Hall–Kier alpha value is -1.26. The minimum Gasteiger partial charge on any atom is -0.490 e. The summed E-state index contributed by atoms with van der Waals surface area (Å²) in [6.07, 6.45) is 5.15. The molecule has 0 bridgehead atoms. The molecular formula is C14H21ClN2O2. The first-order chi connectivity index (χ1) is 8.65. The maximum absolute atomic E-state index is 11.4. The van der Waals surface area contributed by atoms with Gasteiger partial charge in [-0.3, -0.25) is 4.79 Å². The smallest absolute Gasteiger partial charge is 0.240 e. The third-order valence-corrected chi connectivity index (χ3v) is 3.14. The third-order valence-electron chi connectivity index (χ3n) is 3.14. The molecule has 1 atom stereocenters. The van der Waals surface area contributed by atoms with Gasteiger partial charge in [-0.15, -0.1) is 12.4 Å².